The van der Waals surface area contributed by atoms with Gasteiger partial charge in [-0.25, -0.2) is 0 Å². The van der Waals surface area contributed by atoms with Crippen LogP contribution in [0.3, 0.4) is 0 Å². The number of aryl methyl sites for hydroxylation is 1. The highest BCUT2D eigenvalue weighted by Gasteiger charge is 2.15. The zero-order valence-corrected chi connectivity index (χ0v) is 15.9. The van der Waals surface area contributed by atoms with Crippen molar-refractivity contribution in [2.75, 3.05) is 18.5 Å². The van der Waals surface area contributed by atoms with Crippen LogP contribution < -0.4 is 14.8 Å². The highest BCUT2D eigenvalue weighted by atomic mass is 79.9. The molecule has 0 atom stereocenters. The van der Waals surface area contributed by atoms with Gasteiger partial charge in [0, 0.05) is 23.3 Å². The number of halogens is 1. The lowest BCUT2D eigenvalue weighted by Gasteiger charge is -2.09. The average molecular weight is 416 g/mol. The number of nitrogens with one attached hydrogen (secondary N) is 1. The van der Waals surface area contributed by atoms with E-state index in [0.29, 0.717) is 24.8 Å². The average Bonchev–Trinajstić information content (AvgIpc) is 2.79. The van der Waals surface area contributed by atoms with Crippen LogP contribution in [0.25, 0.3) is 10.9 Å². The third kappa shape index (κ3) is 3.39. The van der Waals surface area contributed by atoms with Crippen LogP contribution in [0.2, 0.25) is 0 Å². The summed E-state index contributed by atoms with van der Waals surface area (Å²) in [5, 5.41) is 8.23. The fraction of sp³-hybridized carbons (Fsp3) is 0.263. The number of hydrogen-bond donors (Lipinski definition) is 1. The van der Waals surface area contributed by atoms with Crippen LogP contribution >= 0.6 is 15.9 Å². The van der Waals surface area contributed by atoms with E-state index in [2.05, 4.69) is 26.3 Å². The molecule has 7 heteroatoms. The van der Waals surface area contributed by atoms with Crippen molar-refractivity contribution in [1.29, 1.82) is 0 Å². The van der Waals surface area contributed by atoms with Crippen molar-refractivity contribution in [3.63, 3.8) is 0 Å². The van der Waals surface area contributed by atoms with Gasteiger partial charge in [0.15, 0.2) is 17.3 Å². The number of rotatable bonds is 3. The first-order valence-electron chi connectivity index (χ1n) is 8.41. The van der Waals surface area contributed by atoms with Gasteiger partial charge in [0.25, 0.3) is 0 Å². The van der Waals surface area contributed by atoms with E-state index >= 15 is 0 Å². The summed E-state index contributed by atoms with van der Waals surface area (Å²) >= 11 is 3.46. The summed E-state index contributed by atoms with van der Waals surface area (Å²) < 4.78 is 14.0. The lowest BCUT2D eigenvalue weighted by atomic mass is 10.1. The van der Waals surface area contributed by atoms with Gasteiger partial charge in [0.2, 0.25) is 5.91 Å². The Morgan fingerprint density at radius 1 is 1.19 bits per heavy atom. The maximum Gasteiger partial charge on any atom is 0.230 e. The van der Waals surface area contributed by atoms with Crippen LogP contribution in [0.1, 0.15) is 12.0 Å². The van der Waals surface area contributed by atoms with Crippen molar-refractivity contribution < 1.29 is 14.3 Å². The summed E-state index contributed by atoms with van der Waals surface area (Å²) in [5.74, 6) is 1.87. The predicted octanol–water partition coefficient (Wildman–Crippen LogP) is 3.68. The molecular formula is C19H18BrN3O3. The number of fused-ring (bicyclic) bond motifs is 2. The van der Waals surface area contributed by atoms with Gasteiger partial charge in [0.1, 0.15) is 0 Å². The number of benzene rings is 2. The van der Waals surface area contributed by atoms with Crippen molar-refractivity contribution in [2.24, 2.45) is 7.05 Å². The lowest BCUT2D eigenvalue weighted by Crippen LogP contribution is -2.15. The van der Waals surface area contributed by atoms with Crippen LogP contribution in [0.5, 0.6) is 11.5 Å². The highest BCUT2D eigenvalue weighted by Crippen LogP contribution is 2.31. The number of ether oxygens (including phenoxy) is 2. The van der Waals surface area contributed by atoms with E-state index in [-0.39, 0.29) is 12.3 Å². The molecular weight excluding hydrogens is 398 g/mol. The molecule has 2 heterocycles. The Hall–Kier alpha value is -2.54. The van der Waals surface area contributed by atoms with Crippen molar-refractivity contribution in [2.45, 2.75) is 12.8 Å². The molecule has 1 aliphatic rings. The Labute approximate surface area is 159 Å². The molecule has 0 radical (unpaired) electrons. The molecule has 0 spiro atoms. The molecule has 0 bridgehead atoms. The van der Waals surface area contributed by atoms with Crippen molar-refractivity contribution in [3.05, 3.63) is 46.4 Å². The van der Waals surface area contributed by atoms with Crippen molar-refractivity contribution >= 4 is 38.6 Å². The summed E-state index contributed by atoms with van der Waals surface area (Å²) in [6.07, 6.45) is 1.10. The van der Waals surface area contributed by atoms with Crippen LogP contribution in [-0.4, -0.2) is 28.9 Å². The summed E-state index contributed by atoms with van der Waals surface area (Å²) in [5.41, 5.74) is 1.82. The SMILES string of the molecule is Cn1nc(NC(=O)Cc2ccc3c(c2)OCCCO3)c2ccc(Br)cc21. The molecule has 26 heavy (non-hydrogen) atoms. The molecule has 2 aromatic carbocycles. The van der Waals surface area contributed by atoms with E-state index < -0.39 is 0 Å². The van der Waals surface area contributed by atoms with E-state index in [1.165, 1.54) is 0 Å². The summed E-state index contributed by atoms with van der Waals surface area (Å²) in [6.45, 7) is 1.27. The van der Waals surface area contributed by atoms with Crippen molar-refractivity contribution in [3.8, 4) is 11.5 Å². The number of carbonyl (C=O) groups is 1. The Balaban J connectivity index is 1.52. The molecule has 0 fully saturated rings. The maximum absolute atomic E-state index is 12.5. The lowest BCUT2D eigenvalue weighted by molar-refractivity contribution is -0.115. The molecule has 134 valence electrons. The summed E-state index contributed by atoms with van der Waals surface area (Å²) in [6, 6.07) is 11.5. The molecule has 4 rings (SSSR count). The Kier molecular flexibility index (Phi) is 4.55. The molecule has 1 N–H and O–H groups in total. The van der Waals surface area contributed by atoms with Gasteiger partial charge in [-0.15, -0.1) is 0 Å². The molecule has 0 aliphatic carbocycles. The van der Waals surface area contributed by atoms with Gasteiger partial charge in [-0.2, -0.15) is 5.10 Å². The minimum atomic E-state index is -0.123. The molecule has 0 saturated carbocycles. The van der Waals surface area contributed by atoms with Crippen LogP contribution in [0, 0.1) is 0 Å². The number of aromatic nitrogens is 2. The monoisotopic (exact) mass is 415 g/mol. The third-order valence-corrected chi connectivity index (χ3v) is 4.74. The standard InChI is InChI=1S/C19H18BrN3O3/c1-23-15-11-13(20)4-5-14(15)19(22-23)21-18(24)10-12-3-6-16-17(9-12)26-8-2-7-25-16/h3-6,9,11H,2,7-8,10H2,1H3,(H,21,22,24). The summed E-state index contributed by atoms with van der Waals surface area (Å²) in [4.78, 5) is 12.5. The largest absolute Gasteiger partial charge is 0.490 e. The second kappa shape index (κ2) is 6.99. The van der Waals surface area contributed by atoms with E-state index in [1.54, 1.807) is 4.68 Å². The smallest absolute Gasteiger partial charge is 0.230 e. The number of anilines is 1. The summed E-state index contributed by atoms with van der Waals surface area (Å²) in [7, 11) is 1.86. The van der Waals surface area contributed by atoms with E-state index in [0.717, 1.165) is 33.1 Å². The van der Waals surface area contributed by atoms with Crippen molar-refractivity contribution in [1.82, 2.24) is 9.78 Å². The highest BCUT2D eigenvalue weighted by molar-refractivity contribution is 9.10. The van der Waals surface area contributed by atoms with Crippen LogP contribution in [-0.2, 0) is 18.3 Å². The first-order chi connectivity index (χ1) is 12.6. The number of carbonyl (C=O) groups excluding carboxylic acids is 1. The topological polar surface area (TPSA) is 65.4 Å². The maximum atomic E-state index is 12.5. The predicted molar refractivity (Wildman–Crippen MR) is 103 cm³/mol. The Morgan fingerprint density at radius 3 is 2.85 bits per heavy atom. The second-order valence-corrected chi connectivity index (χ2v) is 7.11. The fourth-order valence-electron chi connectivity index (χ4n) is 3.00. The van der Waals surface area contributed by atoms with E-state index in [9.17, 15) is 4.79 Å². The first-order valence-corrected chi connectivity index (χ1v) is 9.20. The third-order valence-electron chi connectivity index (χ3n) is 4.25. The van der Waals surface area contributed by atoms with Gasteiger partial charge in [-0.1, -0.05) is 22.0 Å². The molecule has 0 unspecified atom stereocenters. The Morgan fingerprint density at radius 2 is 2.00 bits per heavy atom. The molecule has 1 amide bonds. The normalized spacial score (nSPS) is 13.5. The van der Waals surface area contributed by atoms with E-state index in [4.69, 9.17) is 9.47 Å². The van der Waals surface area contributed by atoms with Gasteiger partial charge in [-0.3, -0.25) is 9.48 Å². The molecule has 1 aromatic heterocycles. The zero-order valence-electron chi connectivity index (χ0n) is 14.3. The van der Waals surface area contributed by atoms with Gasteiger partial charge in [-0.05, 0) is 35.9 Å². The van der Waals surface area contributed by atoms with Crippen LogP contribution in [0.4, 0.5) is 5.82 Å². The van der Waals surface area contributed by atoms with Gasteiger partial charge in [0.05, 0.1) is 25.2 Å². The molecule has 1 aliphatic heterocycles. The minimum Gasteiger partial charge on any atom is -0.490 e. The van der Waals surface area contributed by atoms with E-state index in [1.807, 2.05) is 43.4 Å². The number of hydrogen-bond acceptors (Lipinski definition) is 4. The molecule has 0 saturated heterocycles. The number of nitrogens with zero attached hydrogens (tertiary/aromatic N) is 2. The molecule has 3 aromatic rings. The first kappa shape index (κ1) is 16.9. The quantitative estimate of drug-likeness (QED) is 0.708. The fourth-order valence-corrected chi connectivity index (χ4v) is 3.35. The second-order valence-electron chi connectivity index (χ2n) is 6.19. The van der Waals surface area contributed by atoms with Gasteiger partial charge >= 0.3 is 0 Å². The van der Waals surface area contributed by atoms with Gasteiger partial charge < -0.3 is 14.8 Å². The molecule has 6 nitrogen and oxygen atoms in total. The minimum absolute atomic E-state index is 0.123. The zero-order chi connectivity index (χ0) is 18.1. The van der Waals surface area contributed by atoms with Crippen LogP contribution in [0.15, 0.2) is 40.9 Å². The number of amides is 1. The Bertz CT molecular complexity index is 984.